The first-order valence-corrected chi connectivity index (χ1v) is 5.29. The summed E-state index contributed by atoms with van der Waals surface area (Å²) in [6, 6.07) is 6.92. The van der Waals surface area contributed by atoms with Crippen LogP contribution in [0.15, 0.2) is 24.3 Å². The highest BCUT2D eigenvalue weighted by atomic mass is 35.5. The van der Waals surface area contributed by atoms with E-state index in [4.69, 9.17) is 21.4 Å². The fraction of sp³-hybridized carbons (Fsp3) is 0.364. The van der Waals surface area contributed by atoms with Crippen molar-refractivity contribution in [2.24, 2.45) is 0 Å². The number of amides is 1. The summed E-state index contributed by atoms with van der Waals surface area (Å²) >= 11 is 5.84. The van der Waals surface area contributed by atoms with Crippen LogP contribution >= 0.6 is 11.6 Å². The Labute approximate surface area is 99.2 Å². The van der Waals surface area contributed by atoms with Crippen LogP contribution in [0.1, 0.15) is 6.92 Å². The van der Waals surface area contributed by atoms with E-state index < -0.39 is 6.10 Å². The van der Waals surface area contributed by atoms with Gasteiger partial charge in [-0.05, 0) is 19.1 Å². The highest BCUT2D eigenvalue weighted by Gasteiger charge is 2.05. The van der Waals surface area contributed by atoms with Gasteiger partial charge in [0.25, 0.3) is 5.91 Å². The van der Waals surface area contributed by atoms with Crippen LogP contribution in [0.5, 0.6) is 5.75 Å². The van der Waals surface area contributed by atoms with Crippen LogP contribution in [0.4, 0.5) is 0 Å². The lowest BCUT2D eigenvalue weighted by atomic mass is 10.3. The minimum Gasteiger partial charge on any atom is -0.482 e. The molecular formula is C11H14ClNO3. The van der Waals surface area contributed by atoms with Gasteiger partial charge in [0.05, 0.1) is 11.1 Å². The first-order valence-electron chi connectivity index (χ1n) is 4.91. The van der Waals surface area contributed by atoms with Gasteiger partial charge in [-0.15, -0.1) is 0 Å². The first-order chi connectivity index (χ1) is 7.59. The van der Waals surface area contributed by atoms with Gasteiger partial charge in [0.2, 0.25) is 0 Å². The van der Waals surface area contributed by atoms with E-state index in [-0.39, 0.29) is 19.1 Å². The van der Waals surface area contributed by atoms with Crippen molar-refractivity contribution in [1.29, 1.82) is 0 Å². The summed E-state index contributed by atoms with van der Waals surface area (Å²) in [6.45, 7) is 1.69. The molecule has 5 heteroatoms. The third-order valence-corrected chi connectivity index (χ3v) is 2.10. The van der Waals surface area contributed by atoms with Gasteiger partial charge in [-0.2, -0.15) is 0 Å². The second-order valence-corrected chi connectivity index (χ2v) is 3.78. The molecule has 0 unspecified atom stereocenters. The Morgan fingerprint density at radius 1 is 1.56 bits per heavy atom. The predicted octanol–water partition coefficient (Wildman–Crippen LogP) is 1.22. The highest BCUT2D eigenvalue weighted by molar-refractivity contribution is 6.32. The maximum absolute atomic E-state index is 11.2. The molecule has 0 fully saturated rings. The van der Waals surface area contributed by atoms with Crippen molar-refractivity contribution in [3.8, 4) is 5.75 Å². The topological polar surface area (TPSA) is 58.6 Å². The van der Waals surface area contributed by atoms with Crippen molar-refractivity contribution in [2.75, 3.05) is 13.2 Å². The van der Waals surface area contributed by atoms with E-state index in [1.807, 2.05) is 0 Å². The van der Waals surface area contributed by atoms with Crippen LogP contribution in [-0.4, -0.2) is 30.3 Å². The molecule has 0 aliphatic heterocycles. The number of hydrogen-bond donors (Lipinski definition) is 2. The Morgan fingerprint density at radius 2 is 2.25 bits per heavy atom. The fourth-order valence-corrected chi connectivity index (χ4v) is 1.21. The molecule has 16 heavy (non-hydrogen) atoms. The molecule has 0 heterocycles. The summed E-state index contributed by atoms with van der Waals surface area (Å²) in [6.07, 6.45) is -0.565. The van der Waals surface area contributed by atoms with Crippen LogP contribution in [0, 0.1) is 0 Å². The number of benzene rings is 1. The van der Waals surface area contributed by atoms with Crippen LogP contribution in [-0.2, 0) is 4.79 Å². The molecule has 0 saturated carbocycles. The van der Waals surface area contributed by atoms with Crippen LogP contribution in [0.3, 0.4) is 0 Å². The van der Waals surface area contributed by atoms with Gasteiger partial charge < -0.3 is 15.2 Å². The van der Waals surface area contributed by atoms with Crippen molar-refractivity contribution in [3.63, 3.8) is 0 Å². The smallest absolute Gasteiger partial charge is 0.258 e. The van der Waals surface area contributed by atoms with Crippen molar-refractivity contribution in [2.45, 2.75) is 13.0 Å². The van der Waals surface area contributed by atoms with E-state index in [1.165, 1.54) is 0 Å². The Hall–Kier alpha value is -1.26. The number of aliphatic hydroxyl groups excluding tert-OH is 1. The zero-order valence-electron chi connectivity index (χ0n) is 8.94. The molecule has 1 amide bonds. The molecule has 4 nitrogen and oxygen atoms in total. The molecule has 0 saturated heterocycles. The van der Waals surface area contributed by atoms with Crippen LogP contribution in [0.2, 0.25) is 5.02 Å². The van der Waals surface area contributed by atoms with Crippen molar-refractivity contribution < 1.29 is 14.6 Å². The van der Waals surface area contributed by atoms with Gasteiger partial charge in [0.1, 0.15) is 5.75 Å². The molecule has 1 rings (SSSR count). The Bertz CT molecular complexity index is 355. The molecule has 2 N–H and O–H groups in total. The van der Waals surface area contributed by atoms with Gasteiger partial charge in [0, 0.05) is 6.54 Å². The van der Waals surface area contributed by atoms with Crippen molar-refractivity contribution in [1.82, 2.24) is 5.32 Å². The first kappa shape index (κ1) is 12.8. The molecule has 88 valence electrons. The maximum Gasteiger partial charge on any atom is 0.258 e. The lowest BCUT2D eigenvalue weighted by molar-refractivity contribution is -0.123. The fourth-order valence-electron chi connectivity index (χ4n) is 1.02. The van der Waals surface area contributed by atoms with E-state index in [0.717, 1.165) is 0 Å². The van der Waals surface area contributed by atoms with Crippen LogP contribution < -0.4 is 10.1 Å². The second-order valence-electron chi connectivity index (χ2n) is 3.37. The molecular weight excluding hydrogens is 230 g/mol. The maximum atomic E-state index is 11.2. The van der Waals surface area contributed by atoms with E-state index in [1.54, 1.807) is 31.2 Å². The quantitative estimate of drug-likeness (QED) is 0.818. The molecule has 0 spiro atoms. The van der Waals surface area contributed by atoms with Crippen molar-refractivity contribution >= 4 is 17.5 Å². The van der Waals surface area contributed by atoms with Crippen molar-refractivity contribution in [3.05, 3.63) is 29.3 Å². The van der Waals surface area contributed by atoms with E-state index >= 15 is 0 Å². The number of rotatable bonds is 5. The number of hydrogen-bond acceptors (Lipinski definition) is 3. The van der Waals surface area contributed by atoms with Crippen LogP contribution in [0.25, 0.3) is 0 Å². The third kappa shape index (κ3) is 4.51. The van der Waals surface area contributed by atoms with E-state index in [9.17, 15) is 4.79 Å². The lowest BCUT2D eigenvalue weighted by Crippen LogP contribution is -2.34. The Morgan fingerprint density at radius 3 is 2.88 bits per heavy atom. The summed E-state index contributed by atoms with van der Waals surface area (Å²) in [5, 5.41) is 11.9. The van der Waals surface area contributed by atoms with E-state index in [2.05, 4.69) is 5.32 Å². The summed E-state index contributed by atoms with van der Waals surface area (Å²) < 4.78 is 5.21. The summed E-state index contributed by atoms with van der Waals surface area (Å²) in [7, 11) is 0. The lowest BCUT2D eigenvalue weighted by Gasteiger charge is -2.09. The largest absolute Gasteiger partial charge is 0.482 e. The molecule has 0 bridgehead atoms. The van der Waals surface area contributed by atoms with Gasteiger partial charge in [-0.25, -0.2) is 0 Å². The predicted molar refractivity (Wildman–Crippen MR) is 61.6 cm³/mol. The standard InChI is InChI=1S/C11H14ClNO3/c1-8(14)6-13-11(15)7-16-10-5-3-2-4-9(10)12/h2-5,8,14H,6-7H2,1H3,(H,13,15)/t8-/m0/s1. The zero-order valence-corrected chi connectivity index (χ0v) is 9.70. The summed E-state index contributed by atoms with van der Waals surface area (Å²) in [5.74, 6) is 0.178. The van der Waals surface area contributed by atoms with E-state index in [0.29, 0.717) is 10.8 Å². The summed E-state index contributed by atoms with van der Waals surface area (Å²) in [5.41, 5.74) is 0. The number of halogens is 1. The SMILES string of the molecule is C[C@H](O)CNC(=O)COc1ccccc1Cl. The molecule has 0 aliphatic rings. The van der Waals surface area contributed by atoms with Gasteiger partial charge in [-0.1, -0.05) is 23.7 Å². The van der Waals surface area contributed by atoms with Gasteiger partial charge in [0.15, 0.2) is 6.61 Å². The molecule has 1 atom stereocenters. The molecule has 0 aromatic heterocycles. The molecule has 0 aliphatic carbocycles. The molecule has 0 radical (unpaired) electrons. The minimum atomic E-state index is -0.565. The average molecular weight is 244 g/mol. The Balaban J connectivity index is 2.35. The summed E-state index contributed by atoms with van der Waals surface area (Å²) in [4.78, 5) is 11.2. The average Bonchev–Trinajstić information content (AvgIpc) is 2.25. The number of nitrogens with one attached hydrogen (secondary N) is 1. The number of para-hydroxylation sites is 1. The van der Waals surface area contributed by atoms with Gasteiger partial charge >= 0.3 is 0 Å². The third-order valence-electron chi connectivity index (χ3n) is 1.79. The monoisotopic (exact) mass is 243 g/mol. The molecule has 1 aromatic carbocycles. The second kappa shape index (κ2) is 6.35. The normalized spacial score (nSPS) is 11.9. The molecule has 1 aromatic rings. The number of aliphatic hydroxyl groups is 1. The number of ether oxygens (including phenoxy) is 1. The number of carbonyl (C=O) groups is 1. The minimum absolute atomic E-state index is 0.115. The highest BCUT2D eigenvalue weighted by Crippen LogP contribution is 2.22. The van der Waals surface area contributed by atoms with Gasteiger partial charge in [-0.3, -0.25) is 4.79 Å². The zero-order chi connectivity index (χ0) is 12.0. The Kier molecular flexibility index (Phi) is 5.08. The number of carbonyl (C=O) groups excluding carboxylic acids is 1.